The molecular formula is C21H26ClF2N3O3. The van der Waals surface area contributed by atoms with Gasteiger partial charge in [-0.3, -0.25) is 14.5 Å². The quantitative estimate of drug-likeness (QED) is 0.682. The van der Waals surface area contributed by atoms with Gasteiger partial charge in [0, 0.05) is 43.0 Å². The Bertz CT molecular complexity index is 782. The number of carbonyl (C=O) groups excluding carboxylic acids is 2. The van der Waals surface area contributed by atoms with Crippen LogP contribution >= 0.6 is 11.6 Å². The zero-order chi connectivity index (χ0) is 21.3. The van der Waals surface area contributed by atoms with E-state index in [1.165, 1.54) is 0 Å². The molecule has 1 aliphatic heterocycles. The molecule has 3 fully saturated rings. The van der Waals surface area contributed by atoms with Gasteiger partial charge in [0.15, 0.2) is 6.61 Å². The van der Waals surface area contributed by atoms with Gasteiger partial charge in [0.2, 0.25) is 5.91 Å². The van der Waals surface area contributed by atoms with Crippen molar-refractivity contribution in [1.82, 2.24) is 15.5 Å². The number of likely N-dealkylation sites (tertiary alicyclic amines) is 1. The number of hydrogen-bond donors (Lipinski definition) is 2. The Morgan fingerprint density at radius 2 is 1.63 bits per heavy atom. The molecule has 30 heavy (non-hydrogen) atoms. The number of ether oxygens (including phenoxy) is 1. The molecule has 3 aliphatic rings. The average Bonchev–Trinajstić information content (AvgIpc) is 3.43. The highest BCUT2D eigenvalue weighted by Gasteiger charge is 2.55. The van der Waals surface area contributed by atoms with Crippen molar-refractivity contribution in [3.05, 3.63) is 29.3 Å². The Hall–Kier alpha value is -1.93. The summed E-state index contributed by atoms with van der Waals surface area (Å²) in [4.78, 5) is 26.4. The van der Waals surface area contributed by atoms with E-state index in [1.54, 1.807) is 29.2 Å². The molecule has 0 radical (unpaired) electrons. The topological polar surface area (TPSA) is 70.7 Å². The Morgan fingerprint density at radius 3 is 2.27 bits per heavy atom. The lowest BCUT2D eigenvalue weighted by atomic mass is 10.1. The fraction of sp³-hybridized carbons (Fsp3) is 0.619. The van der Waals surface area contributed by atoms with E-state index < -0.39 is 5.92 Å². The summed E-state index contributed by atoms with van der Waals surface area (Å²) in [6.07, 6.45) is 1.27. The van der Waals surface area contributed by atoms with E-state index in [4.69, 9.17) is 16.3 Å². The molecule has 6 nitrogen and oxygen atoms in total. The summed E-state index contributed by atoms with van der Waals surface area (Å²) in [6.45, 7) is 0.551. The van der Waals surface area contributed by atoms with Crippen LogP contribution in [0, 0.1) is 11.8 Å². The van der Waals surface area contributed by atoms with Crippen LogP contribution in [0.4, 0.5) is 8.78 Å². The van der Waals surface area contributed by atoms with Crippen molar-refractivity contribution < 1.29 is 23.1 Å². The number of nitrogens with zero attached hydrogens (tertiary/aromatic N) is 1. The minimum absolute atomic E-state index is 0.0234. The fourth-order valence-electron chi connectivity index (χ4n) is 4.54. The Labute approximate surface area is 179 Å². The molecule has 2 aliphatic carbocycles. The number of benzene rings is 1. The number of hydrogen-bond acceptors (Lipinski definition) is 4. The van der Waals surface area contributed by atoms with Crippen LogP contribution in [0.3, 0.4) is 0 Å². The van der Waals surface area contributed by atoms with Gasteiger partial charge < -0.3 is 15.4 Å². The number of nitrogens with one attached hydrogen (secondary N) is 2. The molecule has 164 valence electrons. The summed E-state index contributed by atoms with van der Waals surface area (Å²) in [5.74, 6) is -1.60. The number of fused-ring (bicyclic) bond motifs is 1. The van der Waals surface area contributed by atoms with E-state index in [-0.39, 0.29) is 63.0 Å². The van der Waals surface area contributed by atoms with Crippen LogP contribution in [-0.4, -0.2) is 61.0 Å². The molecule has 0 spiro atoms. The lowest BCUT2D eigenvalue weighted by molar-refractivity contribution is -0.125. The Kier molecular flexibility index (Phi) is 6.16. The number of halogens is 3. The second-order valence-corrected chi connectivity index (χ2v) is 8.96. The zero-order valence-corrected chi connectivity index (χ0v) is 17.3. The maximum Gasteiger partial charge on any atom is 0.258 e. The first-order valence-corrected chi connectivity index (χ1v) is 10.7. The molecule has 0 aromatic heterocycles. The third-order valence-electron chi connectivity index (χ3n) is 6.26. The average molecular weight is 442 g/mol. The maximum atomic E-state index is 13.2. The molecule has 1 saturated heterocycles. The van der Waals surface area contributed by atoms with Gasteiger partial charge in [-0.2, -0.15) is 0 Å². The second kappa shape index (κ2) is 8.67. The van der Waals surface area contributed by atoms with Crippen molar-refractivity contribution in [3.8, 4) is 5.75 Å². The van der Waals surface area contributed by atoms with Gasteiger partial charge in [0.05, 0.1) is 6.54 Å². The highest BCUT2D eigenvalue weighted by Crippen LogP contribution is 2.51. The van der Waals surface area contributed by atoms with Gasteiger partial charge in [0.25, 0.3) is 11.8 Å². The summed E-state index contributed by atoms with van der Waals surface area (Å²) < 4.78 is 31.9. The Balaban J connectivity index is 1.18. The number of piperidine rings is 1. The van der Waals surface area contributed by atoms with Gasteiger partial charge in [-0.1, -0.05) is 11.6 Å². The van der Waals surface area contributed by atoms with Crippen LogP contribution in [0.25, 0.3) is 0 Å². The van der Waals surface area contributed by atoms with Gasteiger partial charge in [-0.05, 0) is 48.9 Å². The summed E-state index contributed by atoms with van der Waals surface area (Å²) in [5, 5.41) is 6.65. The van der Waals surface area contributed by atoms with E-state index in [9.17, 15) is 18.4 Å². The fourth-order valence-corrected chi connectivity index (χ4v) is 4.66. The number of amides is 2. The summed E-state index contributed by atoms with van der Waals surface area (Å²) in [6, 6.07) is 6.85. The first-order chi connectivity index (χ1) is 14.3. The van der Waals surface area contributed by atoms with Gasteiger partial charge in [-0.25, -0.2) is 8.78 Å². The van der Waals surface area contributed by atoms with Crippen LogP contribution < -0.4 is 15.4 Å². The van der Waals surface area contributed by atoms with Crippen molar-refractivity contribution in [3.63, 3.8) is 0 Å². The maximum absolute atomic E-state index is 13.2. The minimum atomic E-state index is -2.61. The van der Waals surface area contributed by atoms with E-state index in [0.29, 0.717) is 29.0 Å². The van der Waals surface area contributed by atoms with Gasteiger partial charge in [0.1, 0.15) is 5.75 Å². The normalized spacial score (nSPS) is 29.7. The van der Waals surface area contributed by atoms with Crippen LogP contribution in [0.15, 0.2) is 24.3 Å². The molecule has 1 heterocycles. The molecule has 0 bridgehead atoms. The van der Waals surface area contributed by atoms with Crippen molar-refractivity contribution >= 4 is 23.4 Å². The van der Waals surface area contributed by atoms with E-state index >= 15 is 0 Å². The van der Waals surface area contributed by atoms with Crippen LogP contribution in [0.5, 0.6) is 5.75 Å². The molecule has 4 atom stereocenters. The predicted molar refractivity (Wildman–Crippen MR) is 108 cm³/mol. The molecular weight excluding hydrogens is 416 g/mol. The van der Waals surface area contributed by atoms with Gasteiger partial charge in [-0.15, -0.1) is 0 Å². The molecule has 2 saturated carbocycles. The summed E-state index contributed by atoms with van der Waals surface area (Å²) in [5.41, 5.74) is 0. The van der Waals surface area contributed by atoms with Crippen molar-refractivity contribution in [2.45, 2.75) is 43.7 Å². The van der Waals surface area contributed by atoms with Gasteiger partial charge >= 0.3 is 0 Å². The highest BCUT2D eigenvalue weighted by atomic mass is 35.5. The summed E-state index contributed by atoms with van der Waals surface area (Å²) >= 11 is 5.83. The first-order valence-electron chi connectivity index (χ1n) is 10.4. The standard InChI is InChI=1S/C21H26ClF2N3O3/c22-13-1-3-14(4-2-13)30-12-20(29)26-18-10-17(15-9-16(15)18)25-19(28)11-27-7-5-21(23,24)6-8-27/h1-4,15-18H,5-12H2,(H,25,28)(H,26,29)/t15?,16?,17-,18+/m0/s1. The molecule has 1 aromatic rings. The van der Waals surface area contributed by atoms with Crippen LogP contribution in [0.2, 0.25) is 5.02 Å². The smallest absolute Gasteiger partial charge is 0.258 e. The third-order valence-corrected chi connectivity index (χ3v) is 6.52. The lowest BCUT2D eigenvalue weighted by Crippen LogP contribution is -2.47. The van der Waals surface area contributed by atoms with Crippen molar-refractivity contribution in [1.29, 1.82) is 0 Å². The van der Waals surface area contributed by atoms with Crippen LogP contribution in [-0.2, 0) is 9.59 Å². The molecule has 2 unspecified atom stereocenters. The summed E-state index contributed by atoms with van der Waals surface area (Å²) in [7, 11) is 0. The molecule has 9 heteroatoms. The lowest BCUT2D eigenvalue weighted by Gasteiger charge is -2.31. The minimum Gasteiger partial charge on any atom is -0.484 e. The number of rotatable bonds is 7. The molecule has 4 rings (SSSR count). The largest absolute Gasteiger partial charge is 0.484 e. The van der Waals surface area contributed by atoms with Crippen LogP contribution in [0.1, 0.15) is 25.7 Å². The first kappa shape index (κ1) is 21.3. The predicted octanol–water partition coefficient (Wildman–Crippen LogP) is 2.46. The monoisotopic (exact) mass is 441 g/mol. The number of alkyl halides is 2. The zero-order valence-electron chi connectivity index (χ0n) is 16.6. The number of carbonyl (C=O) groups is 2. The molecule has 2 N–H and O–H groups in total. The molecule has 2 amide bonds. The highest BCUT2D eigenvalue weighted by molar-refractivity contribution is 6.30. The van der Waals surface area contributed by atoms with Crippen molar-refractivity contribution in [2.75, 3.05) is 26.2 Å². The van der Waals surface area contributed by atoms with Crippen molar-refractivity contribution in [2.24, 2.45) is 11.8 Å². The Morgan fingerprint density at radius 1 is 1.03 bits per heavy atom. The molecule has 1 aromatic carbocycles. The third kappa shape index (κ3) is 5.40. The van der Waals surface area contributed by atoms with E-state index in [2.05, 4.69) is 10.6 Å². The van der Waals surface area contributed by atoms with E-state index in [0.717, 1.165) is 6.42 Å². The second-order valence-electron chi connectivity index (χ2n) is 8.52. The van der Waals surface area contributed by atoms with E-state index in [1.807, 2.05) is 0 Å². The SMILES string of the molecule is O=C(CN1CCC(F)(F)CC1)N[C@H]1C[C@@H](NC(=O)COc2ccc(Cl)cc2)C2CC21.